The third-order valence-corrected chi connectivity index (χ3v) is 4.23. The molecule has 1 aliphatic rings. The van der Waals surface area contributed by atoms with Crippen LogP contribution >= 0.6 is 0 Å². The van der Waals surface area contributed by atoms with E-state index >= 15 is 0 Å². The van der Waals surface area contributed by atoms with Crippen LogP contribution in [0.25, 0.3) is 0 Å². The highest BCUT2D eigenvalue weighted by atomic mass is 16.1. The number of rotatable bonds is 4. The summed E-state index contributed by atoms with van der Waals surface area (Å²) in [4.78, 5) is 16.6. The Balaban J connectivity index is 1.68. The predicted molar refractivity (Wildman–Crippen MR) is 93.8 cm³/mol. The molecule has 0 radical (unpaired) electrons. The van der Waals surface area contributed by atoms with E-state index in [0.717, 1.165) is 18.5 Å². The molecule has 3 rings (SSSR count). The molecule has 0 aliphatic heterocycles. The Morgan fingerprint density at radius 3 is 2.75 bits per heavy atom. The minimum Gasteiger partial charge on any atom is -0.381 e. The predicted octanol–water partition coefficient (Wildman–Crippen LogP) is 3.95. The number of nitriles is 1. The van der Waals surface area contributed by atoms with E-state index in [4.69, 9.17) is 5.26 Å². The van der Waals surface area contributed by atoms with Gasteiger partial charge in [0, 0.05) is 24.1 Å². The molecule has 0 unspecified atom stereocenters. The number of anilines is 2. The molecule has 1 aliphatic carbocycles. The summed E-state index contributed by atoms with van der Waals surface area (Å²) < 4.78 is 0. The Morgan fingerprint density at radius 2 is 1.96 bits per heavy atom. The van der Waals surface area contributed by atoms with Gasteiger partial charge >= 0.3 is 0 Å². The van der Waals surface area contributed by atoms with Crippen molar-refractivity contribution in [2.24, 2.45) is 0 Å². The Hall–Kier alpha value is -2.87. The first-order chi connectivity index (χ1) is 11.7. The summed E-state index contributed by atoms with van der Waals surface area (Å²) in [6.45, 7) is 0. The van der Waals surface area contributed by atoms with Gasteiger partial charge in [-0.25, -0.2) is 0 Å². The molecule has 1 fully saturated rings. The molecular formula is C19H20N4O. The van der Waals surface area contributed by atoms with Crippen LogP contribution in [0.2, 0.25) is 0 Å². The Morgan fingerprint density at radius 1 is 1.12 bits per heavy atom. The molecule has 1 heterocycles. The monoisotopic (exact) mass is 320 g/mol. The largest absolute Gasteiger partial charge is 0.381 e. The lowest BCUT2D eigenvalue weighted by Gasteiger charge is -2.23. The fourth-order valence-corrected chi connectivity index (χ4v) is 3.00. The first-order valence-corrected chi connectivity index (χ1v) is 8.28. The van der Waals surface area contributed by atoms with Crippen LogP contribution in [0.4, 0.5) is 11.4 Å². The molecule has 1 aromatic heterocycles. The standard InChI is InChI=1S/C19H20N4O/c20-11-14-5-4-8-17(9-14)23-19(24)15-10-18(13-21-12-15)22-16-6-2-1-3-7-16/h4-5,8-10,12-13,16,22H,1-3,6-7H2,(H,23,24). The molecule has 122 valence electrons. The van der Waals surface area contributed by atoms with E-state index in [1.165, 1.54) is 19.3 Å². The van der Waals surface area contributed by atoms with Gasteiger partial charge in [0.15, 0.2) is 0 Å². The molecule has 5 nitrogen and oxygen atoms in total. The maximum atomic E-state index is 12.4. The molecule has 0 spiro atoms. The quantitative estimate of drug-likeness (QED) is 0.894. The fraction of sp³-hybridized carbons (Fsp3) is 0.316. The number of nitrogens with one attached hydrogen (secondary N) is 2. The van der Waals surface area contributed by atoms with Gasteiger partial charge in [0.2, 0.25) is 0 Å². The number of carbonyl (C=O) groups is 1. The van der Waals surface area contributed by atoms with Gasteiger partial charge in [-0.2, -0.15) is 5.26 Å². The van der Waals surface area contributed by atoms with Crippen LogP contribution in [0.15, 0.2) is 42.7 Å². The highest BCUT2D eigenvalue weighted by Crippen LogP contribution is 2.22. The van der Waals surface area contributed by atoms with E-state index in [9.17, 15) is 4.79 Å². The van der Waals surface area contributed by atoms with Crippen LogP contribution < -0.4 is 10.6 Å². The zero-order valence-electron chi connectivity index (χ0n) is 13.5. The van der Waals surface area contributed by atoms with Crippen LogP contribution in [0.1, 0.15) is 48.0 Å². The van der Waals surface area contributed by atoms with Crippen LogP contribution in [0, 0.1) is 11.3 Å². The second-order valence-corrected chi connectivity index (χ2v) is 6.09. The molecule has 2 N–H and O–H groups in total. The molecule has 1 amide bonds. The smallest absolute Gasteiger partial charge is 0.257 e. The van der Waals surface area contributed by atoms with Gasteiger partial charge in [-0.05, 0) is 37.1 Å². The Bertz CT molecular complexity index is 760. The fourth-order valence-electron chi connectivity index (χ4n) is 3.00. The number of nitrogens with zero attached hydrogens (tertiary/aromatic N) is 2. The van der Waals surface area contributed by atoms with Crippen molar-refractivity contribution in [2.45, 2.75) is 38.1 Å². The summed E-state index contributed by atoms with van der Waals surface area (Å²) in [6, 6.07) is 11.2. The SMILES string of the molecule is N#Cc1cccc(NC(=O)c2cncc(NC3CCCCC3)c2)c1. The first-order valence-electron chi connectivity index (χ1n) is 8.28. The number of pyridine rings is 1. The molecule has 0 atom stereocenters. The zero-order chi connectivity index (χ0) is 16.8. The van der Waals surface area contributed by atoms with Gasteiger partial charge in [0.05, 0.1) is 22.9 Å². The summed E-state index contributed by atoms with van der Waals surface area (Å²) >= 11 is 0. The highest BCUT2D eigenvalue weighted by Gasteiger charge is 2.14. The summed E-state index contributed by atoms with van der Waals surface area (Å²) in [5, 5.41) is 15.2. The molecule has 5 heteroatoms. The molecule has 1 saturated carbocycles. The zero-order valence-corrected chi connectivity index (χ0v) is 13.5. The van der Waals surface area contributed by atoms with Crippen LogP contribution in [-0.2, 0) is 0 Å². The van der Waals surface area contributed by atoms with Crippen molar-refractivity contribution < 1.29 is 4.79 Å². The van der Waals surface area contributed by atoms with Gasteiger partial charge in [-0.1, -0.05) is 25.3 Å². The topological polar surface area (TPSA) is 77.8 Å². The van der Waals surface area contributed by atoms with E-state index in [1.807, 2.05) is 6.07 Å². The summed E-state index contributed by atoms with van der Waals surface area (Å²) in [5.74, 6) is -0.232. The van der Waals surface area contributed by atoms with Crippen molar-refractivity contribution in [3.8, 4) is 6.07 Å². The molecule has 24 heavy (non-hydrogen) atoms. The van der Waals surface area contributed by atoms with Gasteiger partial charge in [-0.15, -0.1) is 0 Å². The van der Waals surface area contributed by atoms with Gasteiger partial charge in [-0.3, -0.25) is 9.78 Å². The summed E-state index contributed by atoms with van der Waals surface area (Å²) in [6.07, 6.45) is 9.44. The maximum absolute atomic E-state index is 12.4. The number of hydrogen-bond donors (Lipinski definition) is 2. The minimum atomic E-state index is -0.232. The lowest BCUT2D eigenvalue weighted by molar-refractivity contribution is 0.102. The number of benzene rings is 1. The van der Waals surface area contributed by atoms with Crippen LogP contribution in [-0.4, -0.2) is 16.9 Å². The number of aromatic nitrogens is 1. The van der Waals surface area contributed by atoms with Crippen molar-refractivity contribution >= 4 is 17.3 Å². The second kappa shape index (κ2) is 7.60. The Kier molecular flexibility index (Phi) is 5.07. The Labute approximate surface area is 141 Å². The average Bonchev–Trinajstić information content (AvgIpc) is 2.63. The van der Waals surface area contributed by atoms with E-state index < -0.39 is 0 Å². The average molecular weight is 320 g/mol. The van der Waals surface area contributed by atoms with E-state index in [2.05, 4.69) is 21.7 Å². The van der Waals surface area contributed by atoms with Crippen molar-refractivity contribution in [3.63, 3.8) is 0 Å². The molecule has 0 saturated heterocycles. The second-order valence-electron chi connectivity index (χ2n) is 6.09. The minimum absolute atomic E-state index is 0.232. The van der Waals surface area contributed by atoms with E-state index in [-0.39, 0.29) is 5.91 Å². The molecular weight excluding hydrogens is 300 g/mol. The third kappa shape index (κ3) is 4.11. The third-order valence-electron chi connectivity index (χ3n) is 4.23. The van der Waals surface area contributed by atoms with Gasteiger partial charge in [0.1, 0.15) is 0 Å². The number of amides is 1. The summed E-state index contributed by atoms with van der Waals surface area (Å²) in [5.41, 5.74) is 2.49. The first kappa shape index (κ1) is 16.0. The van der Waals surface area contributed by atoms with Crippen LogP contribution in [0.5, 0.6) is 0 Å². The van der Waals surface area contributed by atoms with Crippen molar-refractivity contribution in [3.05, 3.63) is 53.9 Å². The maximum Gasteiger partial charge on any atom is 0.257 e. The number of carbonyl (C=O) groups excluding carboxylic acids is 1. The van der Waals surface area contributed by atoms with Crippen molar-refractivity contribution in [2.75, 3.05) is 10.6 Å². The summed E-state index contributed by atoms with van der Waals surface area (Å²) in [7, 11) is 0. The van der Waals surface area contributed by atoms with E-state index in [0.29, 0.717) is 22.9 Å². The lowest BCUT2D eigenvalue weighted by Crippen LogP contribution is -2.22. The normalized spacial score (nSPS) is 14.6. The highest BCUT2D eigenvalue weighted by molar-refractivity contribution is 6.04. The van der Waals surface area contributed by atoms with Crippen molar-refractivity contribution in [1.29, 1.82) is 5.26 Å². The lowest BCUT2D eigenvalue weighted by atomic mass is 9.95. The molecule has 2 aromatic rings. The van der Waals surface area contributed by atoms with Crippen molar-refractivity contribution in [1.82, 2.24) is 4.98 Å². The van der Waals surface area contributed by atoms with E-state index in [1.54, 1.807) is 36.7 Å². The van der Waals surface area contributed by atoms with Gasteiger partial charge in [0.25, 0.3) is 5.91 Å². The molecule has 0 bridgehead atoms. The molecule has 1 aromatic carbocycles. The van der Waals surface area contributed by atoms with Gasteiger partial charge < -0.3 is 10.6 Å². The number of hydrogen-bond acceptors (Lipinski definition) is 4. The van der Waals surface area contributed by atoms with Crippen LogP contribution in [0.3, 0.4) is 0 Å².